The van der Waals surface area contributed by atoms with Gasteiger partial charge < -0.3 is 34.3 Å². The van der Waals surface area contributed by atoms with Gasteiger partial charge in [-0.1, -0.05) is 222 Å². The minimum atomic E-state index is -3.92. The molecule has 6 aromatic carbocycles. The minimum absolute atomic E-state index is 0.0390. The Morgan fingerprint density at radius 2 is 0.482 bits per heavy atom. The molecular formula is C91H104N6O11P4. The van der Waals surface area contributed by atoms with Crippen molar-refractivity contribution in [2.75, 3.05) is 31.3 Å². The number of aryl methyl sites for hydroxylation is 7. The van der Waals surface area contributed by atoms with Crippen LogP contribution in [0.25, 0.3) is 89.5 Å². The Morgan fingerprint density at radius 3 is 0.741 bits per heavy atom. The Balaban J connectivity index is 0.000000171. The number of rotatable bonds is 33. The number of hydrogen-bond donors (Lipinski definition) is 7. The molecule has 112 heavy (non-hydrogen) atoms. The average molecular weight is 1580 g/mol. The molecule has 12 aromatic rings. The molecule has 584 valence electrons. The van der Waals surface area contributed by atoms with Crippen LogP contribution in [0, 0.1) is 0 Å². The lowest BCUT2D eigenvalue weighted by atomic mass is 9.97. The Labute approximate surface area is 660 Å². The Bertz CT molecular complexity index is 4890. The van der Waals surface area contributed by atoms with Gasteiger partial charge in [0.05, 0.1) is 22.8 Å². The molecule has 6 aromatic heterocycles. The number of hydrogen-bond acceptors (Lipinski definition) is 10. The average Bonchev–Trinajstić information content (AvgIpc) is 0.823. The Hall–Kier alpha value is -9.14. The Kier molecular flexibility index (Phi) is 33.9. The summed E-state index contributed by atoms with van der Waals surface area (Å²) in [6, 6.07) is 80.9. The summed E-state index contributed by atoms with van der Waals surface area (Å²) in [6.07, 6.45) is 20.6. The zero-order valence-electron chi connectivity index (χ0n) is 64.4. The molecule has 0 aliphatic heterocycles. The molecule has 21 heteroatoms. The lowest BCUT2D eigenvalue weighted by molar-refractivity contribution is 0.368. The highest BCUT2D eigenvalue weighted by molar-refractivity contribution is 7.57. The van der Waals surface area contributed by atoms with Gasteiger partial charge in [0.15, 0.2) is 7.37 Å². The van der Waals surface area contributed by atoms with Crippen molar-refractivity contribution in [1.82, 2.24) is 29.9 Å². The van der Waals surface area contributed by atoms with E-state index in [1.165, 1.54) is 23.4 Å². The van der Waals surface area contributed by atoms with Gasteiger partial charge in [-0.05, 0) is 184 Å². The third-order valence-corrected chi connectivity index (χ3v) is 22.9. The molecule has 1 unspecified atom stereocenters. The second-order valence-electron chi connectivity index (χ2n) is 28.0. The van der Waals surface area contributed by atoms with Gasteiger partial charge in [0.1, 0.15) is 0 Å². The lowest BCUT2D eigenvalue weighted by Gasteiger charge is -2.12. The van der Waals surface area contributed by atoms with Gasteiger partial charge in [-0.15, -0.1) is 0 Å². The molecule has 0 fully saturated rings. The minimum Gasteiger partial charge on any atom is -0.344 e. The SMILES string of the molecule is CCc1ccc(-c2ccc(CCCCCP(=O)(O)O)nc2-c2ccncc2)cc1.CCc1ccc(-c2ccc(CCCCP(=O)(O)O)nc2-c2ccccc2)cc1.CCc1ccc(-c2ccc(CCCCP(C)(=O)O)nc2-c2ccncc2)cc1.O=P(O)(O)CCCCCc1ccc(-c2ccccc2)c(-c2ccccc2)n1. The Morgan fingerprint density at radius 1 is 0.250 bits per heavy atom. The highest BCUT2D eigenvalue weighted by atomic mass is 31.2. The topological polar surface area (TPSA) is 287 Å². The molecule has 0 saturated carbocycles. The first kappa shape index (κ1) is 86.8. The van der Waals surface area contributed by atoms with Crippen LogP contribution in [-0.2, 0) is 63.2 Å². The van der Waals surface area contributed by atoms with Crippen molar-refractivity contribution in [3.05, 3.63) is 301 Å². The molecule has 0 amide bonds. The predicted octanol–water partition coefficient (Wildman–Crippen LogP) is 21.6. The van der Waals surface area contributed by atoms with E-state index in [1.54, 1.807) is 24.8 Å². The predicted molar refractivity (Wildman–Crippen MR) is 456 cm³/mol. The molecule has 12 rings (SSSR count). The smallest absolute Gasteiger partial charge is 0.325 e. The summed E-state index contributed by atoms with van der Waals surface area (Å²) < 4.78 is 44.3. The normalized spacial score (nSPS) is 12.0. The molecule has 0 aliphatic rings. The maximum Gasteiger partial charge on any atom is 0.325 e. The first-order valence-electron chi connectivity index (χ1n) is 38.6. The van der Waals surface area contributed by atoms with Crippen LogP contribution in [0.15, 0.2) is 261 Å². The number of unbranched alkanes of at least 4 members (excludes halogenated alkanes) is 6. The van der Waals surface area contributed by atoms with E-state index in [2.05, 4.69) is 182 Å². The van der Waals surface area contributed by atoms with Crippen molar-refractivity contribution in [3.63, 3.8) is 0 Å². The molecule has 0 saturated heterocycles. The van der Waals surface area contributed by atoms with Crippen LogP contribution in [0.1, 0.15) is 124 Å². The van der Waals surface area contributed by atoms with Crippen LogP contribution in [0.5, 0.6) is 0 Å². The van der Waals surface area contributed by atoms with Crippen LogP contribution in [0.2, 0.25) is 0 Å². The van der Waals surface area contributed by atoms with Gasteiger partial charge in [0.25, 0.3) is 0 Å². The van der Waals surface area contributed by atoms with Crippen molar-refractivity contribution in [3.8, 4) is 89.5 Å². The van der Waals surface area contributed by atoms with Gasteiger partial charge in [-0.2, -0.15) is 0 Å². The van der Waals surface area contributed by atoms with Crippen LogP contribution < -0.4 is 0 Å². The highest BCUT2D eigenvalue weighted by Gasteiger charge is 2.19. The molecule has 7 N–H and O–H groups in total. The van der Waals surface area contributed by atoms with Crippen molar-refractivity contribution >= 4 is 30.2 Å². The summed E-state index contributed by atoms with van der Waals surface area (Å²) in [7, 11) is -14.6. The van der Waals surface area contributed by atoms with Gasteiger partial charge in [-0.25, -0.2) is 0 Å². The monoisotopic (exact) mass is 1580 g/mol. The van der Waals surface area contributed by atoms with Crippen LogP contribution >= 0.6 is 30.2 Å². The summed E-state index contributed by atoms with van der Waals surface area (Å²) in [5.74, 6) is 0. The number of nitrogens with zero attached hydrogens (tertiary/aromatic N) is 6. The van der Waals surface area contributed by atoms with E-state index in [9.17, 15) is 23.2 Å². The van der Waals surface area contributed by atoms with Gasteiger partial charge in [0.2, 0.25) is 0 Å². The van der Waals surface area contributed by atoms with E-state index < -0.39 is 30.2 Å². The summed E-state index contributed by atoms with van der Waals surface area (Å²) in [5.41, 5.74) is 24.8. The van der Waals surface area contributed by atoms with E-state index in [4.69, 9.17) is 49.3 Å². The zero-order valence-corrected chi connectivity index (χ0v) is 68.0. The van der Waals surface area contributed by atoms with Gasteiger partial charge >= 0.3 is 22.8 Å². The van der Waals surface area contributed by atoms with E-state index >= 15 is 0 Å². The maximum absolute atomic E-state index is 11.4. The fraction of sp³-hybridized carbons (Fsp3) is 0.275. The molecule has 0 spiro atoms. The molecule has 0 radical (unpaired) electrons. The molecule has 1 atom stereocenters. The highest BCUT2D eigenvalue weighted by Crippen LogP contribution is 2.41. The van der Waals surface area contributed by atoms with E-state index in [0.717, 1.165) is 189 Å². The first-order chi connectivity index (χ1) is 53.9. The molecule has 0 bridgehead atoms. The summed E-state index contributed by atoms with van der Waals surface area (Å²) in [5, 5.41) is 0. The van der Waals surface area contributed by atoms with Crippen LogP contribution in [0.3, 0.4) is 0 Å². The first-order valence-corrected chi connectivity index (χ1v) is 46.3. The van der Waals surface area contributed by atoms with E-state index in [-0.39, 0.29) is 18.5 Å². The standard InChI is InChI=1S/C23H27N2O3P.C23H27N2O2P.C23H26NO3P.C22H24NO3P/c1-2-18-7-9-19(10-8-18)22-12-11-21(6-4-3-5-17-29(26,27)28)25-23(22)20-13-15-24-16-14-20;1-3-18-7-9-19(10-8-18)22-12-11-21(6-4-5-17-28(2,26)27)25-23(22)20-13-15-24-16-14-20;1-2-18-11-13-19(14-12-18)22-16-15-21(10-6-7-17-28(25,26)27)24-23(22)20-8-4-3-5-9-20;24-27(25,26)17-9-3-8-14-20-15-16-21(18-10-4-1-5-11-18)22(23-20)19-12-6-2-7-13-19/h7-16H,2-6,17H2,1H3,(H2,26,27,28);7-16H,3-6,17H2,1-2H3,(H,26,27);3-5,8-9,11-16H,2,6-7,10,17H2,1H3,(H2,25,26,27);1-2,4-7,10-13,15-16H,3,8-9,14,17H2,(H2,24,25,26). The maximum atomic E-state index is 11.4. The number of aromatic nitrogens is 6. The third-order valence-electron chi connectivity index (χ3n) is 19.1. The molecular weight excluding hydrogens is 1480 g/mol. The number of pyridine rings is 6. The van der Waals surface area contributed by atoms with E-state index in [0.29, 0.717) is 38.3 Å². The second-order valence-corrected chi connectivity index (χ2v) is 35.9. The number of benzene rings is 6. The largest absolute Gasteiger partial charge is 0.344 e. The van der Waals surface area contributed by atoms with Crippen molar-refractivity contribution in [2.45, 2.75) is 130 Å². The fourth-order valence-electron chi connectivity index (χ4n) is 12.9. The van der Waals surface area contributed by atoms with Crippen LogP contribution in [-0.4, -0.2) is 95.5 Å². The molecule has 6 heterocycles. The molecule has 17 nitrogen and oxygen atoms in total. The summed E-state index contributed by atoms with van der Waals surface area (Å²) in [4.78, 5) is 91.2. The second kappa shape index (κ2) is 43.8. The summed E-state index contributed by atoms with van der Waals surface area (Å²) >= 11 is 0. The quantitative estimate of drug-likeness (QED) is 0.0149. The lowest BCUT2D eigenvalue weighted by Crippen LogP contribution is -1.97. The van der Waals surface area contributed by atoms with Gasteiger partial charge in [-0.3, -0.25) is 48.2 Å². The van der Waals surface area contributed by atoms with E-state index in [1.807, 2.05) is 84.9 Å². The van der Waals surface area contributed by atoms with Crippen LogP contribution in [0.4, 0.5) is 0 Å². The third kappa shape index (κ3) is 29.4. The van der Waals surface area contributed by atoms with Crippen molar-refractivity contribution in [1.29, 1.82) is 0 Å². The summed E-state index contributed by atoms with van der Waals surface area (Å²) in [6.45, 7) is 7.87. The fourth-order valence-corrected chi connectivity index (χ4v) is 15.6. The van der Waals surface area contributed by atoms with Crippen molar-refractivity contribution < 1.29 is 52.5 Å². The van der Waals surface area contributed by atoms with Gasteiger partial charge in [0, 0.05) is 123 Å². The van der Waals surface area contributed by atoms with Crippen molar-refractivity contribution in [2.24, 2.45) is 0 Å². The zero-order chi connectivity index (χ0) is 79.8. The molecule has 0 aliphatic carbocycles.